The molecule has 1 aliphatic carbocycles. The molecule has 0 aliphatic heterocycles. The third-order valence-electron chi connectivity index (χ3n) is 4.29. The van der Waals surface area contributed by atoms with E-state index in [9.17, 15) is 18.3 Å². The average Bonchev–Trinajstić information content (AvgIpc) is 2.89. The lowest BCUT2D eigenvalue weighted by molar-refractivity contribution is -0.140. The van der Waals surface area contributed by atoms with Crippen LogP contribution in [-0.2, 0) is 21.2 Å². The number of nitrogens with one attached hydrogen (secondary N) is 1. The van der Waals surface area contributed by atoms with Crippen LogP contribution in [-0.4, -0.2) is 25.5 Å². The van der Waals surface area contributed by atoms with E-state index in [1.807, 2.05) is 24.3 Å². The number of carboxylic acid groups (broad SMARTS) is 1. The van der Waals surface area contributed by atoms with Gasteiger partial charge in [-0.15, -0.1) is 0 Å². The van der Waals surface area contributed by atoms with Crippen LogP contribution in [0.4, 0.5) is 0 Å². The van der Waals surface area contributed by atoms with Crippen molar-refractivity contribution < 1.29 is 18.3 Å². The molecule has 0 saturated heterocycles. The number of benzene rings is 2. The Balaban J connectivity index is 1.94. The summed E-state index contributed by atoms with van der Waals surface area (Å²) in [5.41, 5.74) is 4.26. The lowest BCUT2D eigenvalue weighted by Gasteiger charge is -2.18. The number of sulfonamides is 1. The van der Waals surface area contributed by atoms with Gasteiger partial charge < -0.3 is 5.11 Å². The summed E-state index contributed by atoms with van der Waals surface area (Å²) in [6.45, 7) is 3.33. The SMILES string of the molecule is CC(C)[C@H](NS(=O)(=O)c1ccc2c(c1)Cc1ccccc1-2)C(=O)O. The number of carboxylic acids is 1. The Kier molecular flexibility index (Phi) is 4.19. The maximum atomic E-state index is 12.5. The Hall–Kier alpha value is -2.18. The van der Waals surface area contributed by atoms with Crippen LogP contribution in [0.2, 0.25) is 0 Å². The summed E-state index contributed by atoms with van der Waals surface area (Å²) < 4.78 is 27.4. The molecule has 6 heteroatoms. The minimum Gasteiger partial charge on any atom is -0.480 e. The molecule has 0 saturated carbocycles. The Morgan fingerprint density at radius 1 is 1.08 bits per heavy atom. The zero-order valence-electron chi connectivity index (χ0n) is 13.5. The Bertz CT molecular complexity index is 903. The van der Waals surface area contributed by atoms with Crippen molar-refractivity contribution in [3.05, 3.63) is 53.6 Å². The van der Waals surface area contributed by atoms with Crippen LogP contribution in [0.5, 0.6) is 0 Å². The van der Waals surface area contributed by atoms with E-state index in [0.717, 1.165) is 16.7 Å². The van der Waals surface area contributed by atoms with Crippen molar-refractivity contribution >= 4 is 16.0 Å². The van der Waals surface area contributed by atoms with Crippen molar-refractivity contribution in [1.82, 2.24) is 4.72 Å². The molecule has 0 bridgehead atoms. The molecule has 3 rings (SSSR count). The lowest BCUT2D eigenvalue weighted by atomic mass is 10.1. The number of aliphatic carboxylic acids is 1. The molecule has 0 aromatic heterocycles. The van der Waals surface area contributed by atoms with Crippen molar-refractivity contribution in [2.45, 2.75) is 31.2 Å². The molecule has 2 aromatic carbocycles. The molecule has 1 aliphatic rings. The third kappa shape index (κ3) is 2.95. The van der Waals surface area contributed by atoms with Crippen LogP contribution in [0, 0.1) is 5.92 Å². The smallest absolute Gasteiger partial charge is 0.322 e. The van der Waals surface area contributed by atoms with Crippen LogP contribution in [0.1, 0.15) is 25.0 Å². The van der Waals surface area contributed by atoms with Gasteiger partial charge in [-0.2, -0.15) is 4.72 Å². The molecular formula is C18H19NO4S. The van der Waals surface area contributed by atoms with Crippen molar-refractivity contribution in [1.29, 1.82) is 0 Å². The number of hydrogen-bond donors (Lipinski definition) is 2. The second kappa shape index (κ2) is 6.03. The van der Waals surface area contributed by atoms with Gasteiger partial charge in [0.2, 0.25) is 10.0 Å². The maximum absolute atomic E-state index is 12.5. The molecule has 0 spiro atoms. The lowest BCUT2D eigenvalue weighted by Crippen LogP contribution is -2.44. The van der Waals surface area contributed by atoms with E-state index < -0.39 is 22.0 Å². The van der Waals surface area contributed by atoms with Gasteiger partial charge >= 0.3 is 5.97 Å². The highest BCUT2D eigenvalue weighted by atomic mass is 32.2. The molecule has 1 atom stereocenters. The second-order valence-electron chi connectivity index (χ2n) is 6.33. The molecule has 0 heterocycles. The molecule has 0 unspecified atom stereocenters. The van der Waals surface area contributed by atoms with Crippen molar-refractivity contribution in [3.8, 4) is 11.1 Å². The van der Waals surface area contributed by atoms with Gasteiger partial charge in [0.25, 0.3) is 0 Å². The zero-order chi connectivity index (χ0) is 17.5. The zero-order valence-corrected chi connectivity index (χ0v) is 14.3. The van der Waals surface area contributed by atoms with E-state index >= 15 is 0 Å². The van der Waals surface area contributed by atoms with E-state index in [1.54, 1.807) is 26.0 Å². The summed E-state index contributed by atoms with van der Waals surface area (Å²) in [7, 11) is -3.89. The molecule has 2 aromatic rings. The van der Waals surface area contributed by atoms with Gasteiger partial charge in [-0.25, -0.2) is 8.42 Å². The summed E-state index contributed by atoms with van der Waals surface area (Å²) in [5.74, 6) is -1.53. The first-order chi connectivity index (χ1) is 11.3. The highest BCUT2D eigenvalue weighted by Crippen LogP contribution is 2.37. The molecule has 2 N–H and O–H groups in total. The summed E-state index contributed by atoms with van der Waals surface area (Å²) in [4.78, 5) is 11.4. The van der Waals surface area contributed by atoms with Gasteiger partial charge in [-0.05, 0) is 46.7 Å². The van der Waals surface area contributed by atoms with Gasteiger partial charge in [0.05, 0.1) is 4.90 Å². The third-order valence-corrected chi connectivity index (χ3v) is 5.73. The Morgan fingerprint density at radius 3 is 2.42 bits per heavy atom. The highest BCUT2D eigenvalue weighted by molar-refractivity contribution is 7.89. The molecule has 0 amide bonds. The standard InChI is InChI=1S/C18H19NO4S/c1-11(2)17(18(20)21)19-24(22,23)14-7-8-16-13(10-14)9-12-5-3-4-6-15(12)16/h3-8,10-11,17,19H,9H2,1-2H3,(H,20,21)/t17-/m0/s1. The molecule has 0 fully saturated rings. The fourth-order valence-corrected chi connectivity index (χ4v) is 4.38. The minimum atomic E-state index is -3.89. The number of rotatable bonds is 5. The quantitative estimate of drug-likeness (QED) is 0.745. The van der Waals surface area contributed by atoms with E-state index in [4.69, 9.17) is 0 Å². The van der Waals surface area contributed by atoms with Crippen LogP contribution >= 0.6 is 0 Å². The molecule has 126 valence electrons. The fourth-order valence-electron chi connectivity index (χ4n) is 3.00. The van der Waals surface area contributed by atoms with Crippen LogP contribution in [0.25, 0.3) is 11.1 Å². The van der Waals surface area contributed by atoms with Crippen LogP contribution in [0.15, 0.2) is 47.4 Å². The topological polar surface area (TPSA) is 83.5 Å². The Labute approximate surface area is 141 Å². The van der Waals surface area contributed by atoms with Crippen molar-refractivity contribution in [3.63, 3.8) is 0 Å². The van der Waals surface area contributed by atoms with E-state index in [2.05, 4.69) is 4.72 Å². The van der Waals surface area contributed by atoms with E-state index in [-0.39, 0.29) is 10.8 Å². The first-order valence-electron chi connectivity index (χ1n) is 7.76. The normalized spacial score (nSPS) is 14.3. The second-order valence-corrected chi connectivity index (χ2v) is 8.05. The first kappa shape index (κ1) is 16.7. The number of hydrogen-bond acceptors (Lipinski definition) is 3. The predicted octanol–water partition coefficient (Wildman–Crippen LogP) is 2.65. The summed E-state index contributed by atoms with van der Waals surface area (Å²) >= 11 is 0. The van der Waals surface area contributed by atoms with Gasteiger partial charge in [-0.1, -0.05) is 44.2 Å². The Morgan fingerprint density at radius 2 is 1.75 bits per heavy atom. The first-order valence-corrected chi connectivity index (χ1v) is 9.24. The average molecular weight is 345 g/mol. The van der Waals surface area contributed by atoms with Crippen LogP contribution < -0.4 is 4.72 Å². The molecular weight excluding hydrogens is 326 g/mol. The summed E-state index contributed by atoms with van der Waals surface area (Å²) in [5, 5.41) is 9.20. The fraction of sp³-hybridized carbons (Fsp3) is 0.278. The summed E-state index contributed by atoms with van der Waals surface area (Å²) in [6.07, 6.45) is 0.682. The largest absolute Gasteiger partial charge is 0.480 e. The van der Waals surface area contributed by atoms with E-state index in [1.165, 1.54) is 11.6 Å². The minimum absolute atomic E-state index is 0.0981. The van der Waals surface area contributed by atoms with Gasteiger partial charge in [0.1, 0.15) is 6.04 Å². The maximum Gasteiger partial charge on any atom is 0.322 e. The highest BCUT2D eigenvalue weighted by Gasteiger charge is 2.29. The van der Waals surface area contributed by atoms with Gasteiger partial charge in [0.15, 0.2) is 0 Å². The molecule has 24 heavy (non-hydrogen) atoms. The number of carbonyl (C=O) groups is 1. The molecule has 5 nitrogen and oxygen atoms in total. The van der Waals surface area contributed by atoms with Crippen LogP contribution in [0.3, 0.4) is 0 Å². The van der Waals surface area contributed by atoms with Gasteiger partial charge in [-0.3, -0.25) is 4.79 Å². The van der Waals surface area contributed by atoms with Crippen molar-refractivity contribution in [2.24, 2.45) is 5.92 Å². The number of fused-ring (bicyclic) bond motifs is 3. The summed E-state index contributed by atoms with van der Waals surface area (Å²) in [6, 6.07) is 11.8. The van der Waals surface area contributed by atoms with Crippen molar-refractivity contribution in [2.75, 3.05) is 0 Å². The predicted molar refractivity (Wildman–Crippen MR) is 91.3 cm³/mol. The monoisotopic (exact) mass is 345 g/mol. The molecule has 0 radical (unpaired) electrons. The van der Waals surface area contributed by atoms with E-state index in [0.29, 0.717) is 6.42 Å². The van der Waals surface area contributed by atoms with Gasteiger partial charge in [0, 0.05) is 0 Å².